The van der Waals surface area contributed by atoms with Crippen LogP contribution in [-0.2, 0) is 19.7 Å². The molecule has 0 unspecified atom stereocenters. The van der Waals surface area contributed by atoms with Gasteiger partial charge in [0.15, 0.2) is 0 Å². The Morgan fingerprint density at radius 2 is 1.59 bits per heavy atom. The molecule has 2 amide bonds. The van der Waals surface area contributed by atoms with Gasteiger partial charge in [-0.05, 0) is 46.9 Å². The first-order valence-electron chi connectivity index (χ1n) is 11.4. The van der Waals surface area contributed by atoms with E-state index in [1.807, 2.05) is 24.3 Å². The molecule has 3 aliphatic carbocycles. The highest BCUT2D eigenvalue weighted by atomic mass is 35.5. The molecule has 170 valence electrons. The van der Waals surface area contributed by atoms with Crippen LogP contribution in [0.4, 0.5) is 5.69 Å². The molecule has 1 fully saturated rings. The second kappa shape index (κ2) is 7.28. The number of amides is 2. The molecule has 1 aliphatic heterocycles. The number of ether oxygens (including phenoxy) is 1. The van der Waals surface area contributed by atoms with Crippen molar-refractivity contribution in [2.75, 3.05) is 12.0 Å². The van der Waals surface area contributed by atoms with Crippen molar-refractivity contribution in [3.8, 4) is 0 Å². The second-order valence-electron chi connectivity index (χ2n) is 9.15. The Hall–Kier alpha value is -3.44. The largest absolute Gasteiger partial charge is 0.465 e. The third-order valence-electron chi connectivity index (χ3n) is 7.97. The van der Waals surface area contributed by atoms with Gasteiger partial charge in [-0.25, -0.2) is 9.69 Å². The second-order valence-corrected chi connectivity index (χ2v) is 9.56. The van der Waals surface area contributed by atoms with Crippen molar-refractivity contribution < 1.29 is 19.1 Å². The average Bonchev–Trinajstić information content (AvgIpc) is 3.14. The van der Waals surface area contributed by atoms with Gasteiger partial charge in [-0.1, -0.05) is 67.1 Å². The SMILES string of the molecule is CCC12c3ccccc3C(c3ccccc31)[C@H]1C(=O)N(c3ccc(Cl)c(C(=O)OC)c3)C(=O)[C@H]12. The first-order chi connectivity index (χ1) is 16.5. The van der Waals surface area contributed by atoms with Crippen LogP contribution in [0.2, 0.25) is 5.02 Å². The van der Waals surface area contributed by atoms with Gasteiger partial charge in [0.25, 0.3) is 0 Å². The highest BCUT2D eigenvalue weighted by molar-refractivity contribution is 6.34. The molecule has 7 rings (SSSR count). The van der Waals surface area contributed by atoms with Gasteiger partial charge < -0.3 is 4.74 Å². The Morgan fingerprint density at radius 1 is 0.971 bits per heavy atom. The van der Waals surface area contributed by atoms with Gasteiger partial charge in [0, 0.05) is 11.3 Å². The van der Waals surface area contributed by atoms with Crippen LogP contribution in [0.1, 0.15) is 51.9 Å². The zero-order valence-corrected chi connectivity index (χ0v) is 19.5. The molecule has 0 N–H and O–H groups in total. The molecule has 1 saturated heterocycles. The highest BCUT2D eigenvalue weighted by Gasteiger charge is 2.67. The summed E-state index contributed by atoms with van der Waals surface area (Å²) in [6.45, 7) is 2.09. The summed E-state index contributed by atoms with van der Waals surface area (Å²) in [7, 11) is 1.27. The maximum atomic E-state index is 14.1. The number of anilines is 1. The number of benzene rings is 3. The van der Waals surface area contributed by atoms with Crippen LogP contribution in [0.15, 0.2) is 66.7 Å². The first kappa shape index (κ1) is 21.1. The molecule has 3 aromatic rings. The fourth-order valence-corrected chi connectivity index (χ4v) is 6.90. The van der Waals surface area contributed by atoms with Gasteiger partial charge in [-0.3, -0.25) is 9.59 Å². The van der Waals surface area contributed by atoms with E-state index in [1.54, 1.807) is 6.07 Å². The molecule has 4 aliphatic rings. The van der Waals surface area contributed by atoms with Crippen molar-refractivity contribution in [2.24, 2.45) is 11.8 Å². The number of carbonyl (C=O) groups is 3. The van der Waals surface area contributed by atoms with Crippen LogP contribution in [0.5, 0.6) is 0 Å². The number of hydrogen-bond acceptors (Lipinski definition) is 4. The lowest BCUT2D eigenvalue weighted by atomic mass is 9.46. The topological polar surface area (TPSA) is 63.7 Å². The predicted octanol–water partition coefficient (Wildman–Crippen LogP) is 5.09. The average molecular weight is 472 g/mol. The Bertz CT molecular complexity index is 1350. The van der Waals surface area contributed by atoms with E-state index in [2.05, 4.69) is 31.2 Å². The van der Waals surface area contributed by atoms with Crippen molar-refractivity contribution in [1.82, 2.24) is 0 Å². The van der Waals surface area contributed by atoms with E-state index in [0.29, 0.717) is 12.1 Å². The molecule has 34 heavy (non-hydrogen) atoms. The lowest BCUT2D eigenvalue weighted by Gasteiger charge is -2.54. The van der Waals surface area contributed by atoms with Gasteiger partial charge in [-0.15, -0.1) is 0 Å². The minimum Gasteiger partial charge on any atom is -0.465 e. The van der Waals surface area contributed by atoms with E-state index in [4.69, 9.17) is 16.3 Å². The molecular weight excluding hydrogens is 450 g/mol. The molecule has 0 aromatic heterocycles. The van der Waals surface area contributed by atoms with Crippen molar-refractivity contribution in [3.05, 3.63) is 99.6 Å². The van der Waals surface area contributed by atoms with E-state index >= 15 is 0 Å². The number of halogens is 1. The van der Waals surface area contributed by atoms with Crippen LogP contribution in [0, 0.1) is 11.8 Å². The molecule has 0 saturated carbocycles. The van der Waals surface area contributed by atoms with E-state index in [0.717, 1.165) is 22.3 Å². The molecule has 1 heterocycles. The Morgan fingerprint density at radius 3 is 2.18 bits per heavy atom. The summed E-state index contributed by atoms with van der Waals surface area (Å²) in [5.74, 6) is -2.30. The normalized spacial score (nSPS) is 26.2. The molecule has 2 bridgehead atoms. The first-order valence-corrected chi connectivity index (χ1v) is 11.8. The summed E-state index contributed by atoms with van der Waals surface area (Å²) in [6, 6.07) is 21.0. The van der Waals surface area contributed by atoms with Crippen molar-refractivity contribution in [2.45, 2.75) is 24.7 Å². The molecule has 0 radical (unpaired) electrons. The molecule has 6 heteroatoms. The number of carbonyl (C=O) groups excluding carboxylic acids is 3. The minimum atomic E-state index is -0.617. The third kappa shape index (κ3) is 2.43. The zero-order valence-electron chi connectivity index (χ0n) is 18.7. The monoisotopic (exact) mass is 471 g/mol. The van der Waals surface area contributed by atoms with Gasteiger partial charge in [0.2, 0.25) is 11.8 Å². The zero-order chi connectivity index (χ0) is 23.8. The van der Waals surface area contributed by atoms with Gasteiger partial charge in [-0.2, -0.15) is 0 Å². The molecule has 5 nitrogen and oxygen atoms in total. The van der Waals surface area contributed by atoms with E-state index in [1.165, 1.54) is 24.1 Å². The van der Waals surface area contributed by atoms with Gasteiger partial charge in [0.05, 0.1) is 35.2 Å². The Balaban J connectivity index is 1.58. The summed E-state index contributed by atoms with van der Waals surface area (Å²) in [5.41, 5.74) is 4.39. The molecular formula is C28H22ClNO4. The minimum absolute atomic E-state index is 0.122. The van der Waals surface area contributed by atoms with Gasteiger partial charge in [0.1, 0.15) is 0 Å². The van der Waals surface area contributed by atoms with Crippen molar-refractivity contribution in [1.29, 1.82) is 0 Å². The van der Waals surface area contributed by atoms with E-state index in [9.17, 15) is 14.4 Å². The predicted molar refractivity (Wildman–Crippen MR) is 128 cm³/mol. The lowest BCUT2D eigenvalue weighted by molar-refractivity contribution is -0.123. The van der Waals surface area contributed by atoms with Crippen LogP contribution < -0.4 is 4.90 Å². The van der Waals surface area contributed by atoms with Gasteiger partial charge >= 0.3 is 5.97 Å². The highest BCUT2D eigenvalue weighted by Crippen LogP contribution is 2.65. The van der Waals surface area contributed by atoms with Crippen molar-refractivity contribution in [3.63, 3.8) is 0 Å². The number of hydrogen-bond donors (Lipinski definition) is 0. The number of esters is 1. The summed E-state index contributed by atoms with van der Waals surface area (Å²) in [4.78, 5) is 41.6. The smallest absolute Gasteiger partial charge is 0.339 e. The molecule has 0 spiro atoms. The molecule has 3 aromatic carbocycles. The fraction of sp³-hybridized carbons (Fsp3) is 0.250. The summed E-state index contributed by atoms with van der Waals surface area (Å²) in [5, 5.41) is 0.206. The Labute approximate surface area is 202 Å². The number of imide groups is 1. The quantitative estimate of drug-likeness (QED) is 0.394. The van der Waals surface area contributed by atoms with Crippen LogP contribution >= 0.6 is 11.6 Å². The van der Waals surface area contributed by atoms with Crippen molar-refractivity contribution >= 4 is 35.1 Å². The summed E-state index contributed by atoms with van der Waals surface area (Å²) in [6.07, 6.45) is 0.690. The van der Waals surface area contributed by atoms with Crippen LogP contribution in [-0.4, -0.2) is 24.9 Å². The van der Waals surface area contributed by atoms with E-state index in [-0.39, 0.29) is 28.3 Å². The van der Waals surface area contributed by atoms with E-state index < -0.39 is 23.2 Å². The number of nitrogens with zero attached hydrogens (tertiary/aromatic N) is 1. The standard InChI is InChI=1S/C28H22ClNO4/c1-3-28-19-10-6-4-8-16(19)22(17-9-5-7-11-20(17)28)23-24(28)26(32)30(25(23)31)15-12-13-21(29)18(14-15)27(33)34-2/h4-14,22-24H,3H2,1-2H3/t22?,23-,24+,28?/m1/s1. The summed E-state index contributed by atoms with van der Waals surface area (Å²) >= 11 is 6.20. The maximum Gasteiger partial charge on any atom is 0.339 e. The Kier molecular flexibility index (Phi) is 4.52. The number of rotatable bonds is 3. The number of methoxy groups -OCH3 is 1. The maximum absolute atomic E-state index is 14.1. The fourth-order valence-electron chi connectivity index (χ4n) is 6.70. The lowest BCUT2D eigenvalue weighted by Crippen LogP contribution is -2.53. The van der Waals surface area contributed by atoms with Crippen LogP contribution in [0.25, 0.3) is 0 Å². The third-order valence-corrected chi connectivity index (χ3v) is 8.29. The molecule has 2 atom stereocenters. The summed E-state index contributed by atoms with van der Waals surface area (Å²) < 4.78 is 4.83. The van der Waals surface area contributed by atoms with Crippen LogP contribution in [0.3, 0.4) is 0 Å².